The van der Waals surface area contributed by atoms with E-state index in [1.807, 2.05) is 212 Å². The predicted octanol–water partition coefficient (Wildman–Crippen LogP) is 23.3. The lowest BCUT2D eigenvalue weighted by Gasteiger charge is -2.45. The summed E-state index contributed by atoms with van der Waals surface area (Å²) in [5, 5.41) is 1.79. The van der Waals surface area contributed by atoms with Crippen molar-refractivity contribution in [2.24, 2.45) is 0 Å². The lowest BCUT2D eigenvalue weighted by molar-refractivity contribution is 1.06. The number of hydrogen-bond donors (Lipinski definition) is 0. The minimum atomic E-state index is -0.0764. The first-order chi connectivity index (χ1) is 61.5. The Kier molecular flexibility index (Phi) is 17.9. The molecule has 7 heterocycles. The van der Waals surface area contributed by atoms with Crippen LogP contribution in [0.5, 0.6) is 0 Å². The van der Waals surface area contributed by atoms with E-state index >= 15 is 0 Å². The molecule has 0 bridgehead atoms. The maximum absolute atomic E-state index is 5.74. The van der Waals surface area contributed by atoms with Crippen molar-refractivity contribution >= 4 is 79.0 Å². The van der Waals surface area contributed by atoms with E-state index in [9.17, 15) is 0 Å². The van der Waals surface area contributed by atoms with Gasteiger partial charge >= 0.3 is 0 Å². The average molecular weight is 1590 g/mol. The van der Waals surface area contributed by atoms with E-state index < -0.39 is 0 Å². The Bertz CT molecular complexity index is 7280. The summed E-state index contributed by atoms with van der Waals surface area (Å²) in [5.74, 6) is 6.03. The summed E-state index contributed by atoms with van der Waals surface area (Å²) in [6, 6.07) is 142. The standard InChI is InChI=1S/C108H68BN15/c1-10-32-70(33-11-1)97-110-98(71-34-12-2-13-35-71)115-105(114-97)78-58-62-89-84(66-78)85-67-79(106-116-99(72-36-14-3-15-37-72)111-100(117-106)73-38-16-4-17-39-73)59-63-90(85)124(89)91-64-60-80(107-118-101(74-40-18-5-19-41-74)112-102(119-107)75-42-20-6-21-43-75)68-86(91)108-120-103(76-44-22-7-23-45-76)113-104(121-108)77-56-54-69(55-57-77)83-61-65-94-95-96(83)123(82-48-26-9-27-49-82)93-53-31-29-51-88(93)109(95)87-50-28-30-52-92(87)122(94)81-46-24-8-25-47-81/h1-68H. The highest BCUT2D eigenvalue weighted by molar-refractivity contribution is 7.00. The van der Waals surface area contributed by atoms with Crippen molar-refractivity contribution in [1.29, 1.82) is 0 Å². The lowest BCUT2D eigenvalue weighted by atomic mass is 9.33. The molecule has 16 heteroatoms. The van der Waals surface area contributed by atoms with Gasteiger partial charge in [-0.3, -0.25) is 0 Å². The van der Waals surface area contributed by atoms with Gasteiger partial charge in [0, 0.05) is 112 Å². The Morgan fingerprint density at radius 1 is 0.177 bits per heavy atom. The van der Waals surface area contributed by atoms with E-state index in [4.69, 9.17) is 59.8 Å². The molecule has 0 saturated carbocycles. The van der Waals surface area contributed by atoms with E-state index in [1.165, 1.54) is 16.4 Å². The fourth-order valence-corrected chi connectivity index (χ4v) is 17.4. The van der Waals surface area contributed by atoms with Gasteiger partial charge in [-0.1, -0.05) is 315 Å². The zero-order chi connectivity index (χ0) is 82.0. The van der Waals surface area contributed by atoms with Crippen LogP contribution in [0.2, 0.25) is 0 Å². The summed E-state index contributed by atoms with van der Waals surface area (Å²) in [6.07, 6.45) is 0. The van der Waals surface area contributed by atoms with Crippen LogP contribution in [0.1, 0.15) is 0 Å². The number of hydrogen-bond acceptors (Lipinski definition) is 14. The molecule has 2 aliphatic rings. The van der Waals surface area contributed by atoms with Gasteiger partial charge in [-0.2, -0.15) is 0 Å². The molecule has 0 unspecified atom stereocenters. The molecule has 16 aromatic carbocycles. The molecule has 23 rings (SSSR count). The second-order valence-corrected chi connectivity index (χ2v) is 30.7. The zero-order valence-electron chi connectivity index (χ0n) is 66.5. The molecule has 0 atom stereocenters. The zero-order valence-corrected chi connectivity index (χ0v) is 66.5. The fraction of sp³-hybridized carbons (Fsp3) is 0. The quantitative estimate of drug-likeness (QED) is 0.0839. The van der Waals surface area contributed by atoms with Crippen LogP contribution in [0, 0.1) is 0 Å². The van der Waals surface area contributed by atoms with Crippen molar-refractivity contribution < 1.29 is 0 Å². The predicted molar refractivity (Wildman–Crippen MR) is 499 cm³/mol. The van der Waals surface area contributed by atoms with Gasteiger partial charge in [0.1, 0.15) is 0 Å². The summed E-state index contributed by atoms with van der Waals surface area (Å²) in [7, 11) is 0. The molecule has 578 valence electrons. The van der Waals surface area contributed by atoms with Crippen molar-refractivity contribution in [3.63, 3.8) is 0 Å². The van der Waals surface area contributed by atoms with E-state index in [0.29, 0.717) is 81.0 Å². The molecular weight excluding hydrogens is 1520 g/mol. The maximum atomic E-state index is 5.74. The summed E-state index contributed by atoms with van der Waals surface area (Å²) in [4.78, 5) is 69.0. The van der Waals surface area contributed by atoms with Crippen LogP contribution in [-0.4, -0.2) is 71.1 Å². The van der Waals surface area contributed by atoms with Crippen LogP contribution >= 0.6 is 0 Å². The average Bonchev–Trinajstić information content (AvgIpc) is 1.48. The minimum Gasteiger partial charge on any atom is -0.311 e. The summed E-state index contributed by atoms with van der Waals surface area (Å²) in [6.45, 7) is -0.0764. The van der Waals surface area contributed by atoms with Crippen LogP contribution in [0.3, 0.4) is 0 Å². The van der Waals surface area contributed by atoms with Crippen molar-refractivity contribution in [1.82, 2.24) is 64.4 Å². The van der Waals surface area contributed by atoms with Crippen LogP contribution < -0.4 is 26.2 Å². The van der Waals surface area contributed by atoms with Gasteiger partial charge < -0.3 is 14.4 Å². The molecule has 0 radical (unpaired) electrons. The van der Waals surface area contributed by atoms with Gasteiger partial charge in [-0.05, 0) is 119 Å². The molecule has 0 fully saturated rings. The largest absolute Gasteiger partial charge is 0.311 e. The number of para-hydroxylation sites is 4. The third kappa shape index (κ3) is 13.1. The molecule has 5 aromatic heterocycles. The Morgan fingerprint density at radius 3 is 0.815 bits per heavy atom. The normalized spacial score (nSPS) is 12.0. The van der Waals surface area contributed by atoms with E-state index in [0.717, 1.165) is 128 Å². The van der Waals surface area contributed by atoms with Crippen LogP contribution in [0.15, 0.2) is 413 Å². The van der Waals surface area contributed by atoms with Crippen molar-refractivity contribution in [2.75, 3.05) is 9.80 Å². The van der Waals surface area contributed by atoms with Gasteiger partial charge in [0.05, 0.1) is 22.4 Å². The number of anilines is 6. The summed E-state index contributed by atoms with van der Waals surface area (Å²) < 4.78 is 2.30. The number of benzene rings is 16. The second-order valence-electron chi connectivity index (χ2n) is 30.7. The molecule has 0 N–H and O–H groups in total. The fourth-order valence-electron chi connectivity index (χ4n) is 17.4. The lowest BCUT2D eigenvalue weighted by Crippen LogP contribution is -2.61. The Hall–Kier alpha value is -17.0. The highest BCUT2D eigenvalue weighted by atomic mass is 15.2. The smallest absolute Gasteiger partial charge is 0.252 e. The maximum Gasteiger partial charge on any atom is 0.252 e. The van der Waals surface area contributed by atoms with Crippen molar-refractivity contribution in [2.45, 2.75) is 0 Å². The van der Waals surface area contributed by atoms with Crippen LogP contribution in [0.4, 0.5) is 34.1 Å². The molecule has 2 aliphatic heterocycles. The van der Waals surface area contributed by atoms with Gasteiger partial charge in [-0.25, -0.2) is 59.8 Å². The third-order valence-corrected chi connectivity index (χ3v) is 23.2. The highest BCUT2D eigenvalue weighted by Gasteiger charge is 2.44. The molecule has 0 spiro atoms. The highest BCUT2D eigenvalue weighted by Crippen LogP contribution is 2.49. The van der Waals surface area contributed by atoms with Crippen molar-refractivity contribution in [3.05, 3.63) is 413 Å². The van der Waals surface area contributed by atoms with E-state index in [-0.39, 0.29) is 6.71 Å². The SMILES string of the molecule is c1ccc(-c2nc(-c3ccccc3)nc(-c3ccc(-n4c5ccc(-c6nc(-c7ccccc7)nc(-c7ccccc7)n6)cc5c5cc(-c6nc(-c7ccccc7)nc(-c7ccccc7)n6)ccc54)c(-c4nc(-c5ccccc5)nc(-c5ccc(-c6ccc7c8c6N(c6ccccc6)c6ccccc6B8c6ccccc6N7c6ccccc6)cc5)n4)c3)n2)cc1. The van der Waals surface area contributed by atoms with Gasteiger partial charge in [0.2, 0.25) is 0 Å². The van der Waals surface area contributed by atoms with Crippen LogP contribution in [0.25, 0.3) is 175 Å². The van der Waals surface area contributed by atoms with E-state index in [1.54, 1.807) is 0 Å². The first kappa shape index (κ1) is 72.3. The second kappa shape index (κ2) is 30.7. The Morgan fingerprint density at radius 2 is 0.444 bits per heavy atom. The van der Waals surface area contributed by atoms with Gasteiger partial charge in [-0.15, -0.1) is 0 Å². The van der Waals surface area contributed by atoms with E-state index in [2.05, 4.69) is 215 Å². The first-order valence-electron chi connectivity index (χ1n) is 41.3. The molecular formula is C108H68BN15. The van der Waals surface area contributed by atoms with Crippen molar-refractivity contribution in [3.8, 4) is 153 Å². The summed E-state index contributed by atoms with van der Waals surface area (Å²) in [5.41, 5.74) is 24.6. The molecule has 124 heavy (non-hydrogen) atoms. The van der Waals surface area contributed by atoms with Crippen LogP contribution in [-0.2, 0) is 0 Å². The third-order valence-electron chi connectivity index (χ3n) is 23.2. The van der Waals surface area contributed by atoms with Gasteiger partial charge in [0.15, 0.2) is 69.9 Å². The molecule has 0 amide bonds. The number of aromatic nitrogens is 13. The first-order valence-corrected chi connectivity index (χ1v) is 41.3. The molecule has 0 saturated heterocycles. The molecule has 15 nitrogen and oxygen atoms in total. The minimum absolute atomic E-state index is 0.0764. The molecule has 0 aliphatic carbocycles. The molecule has 21 aromatic rings. The summed E-state index contributed by atoms with van der Waals surface area (Å²) >= 11 is 0. The number of nitrogens with zero attached hydrogens (tertiary/aromatic N) is 15. The van der Waals surface area contributed by atoms with Gasteiger partial charge in [0.25, 0.3) is 6.71 Å². The Labute approximate surface area is 714 Å². The monoisotopic (exact) mass is 1590 g/mol. The number of fused-ring (bicyclic) bond motifs is 7. The Balaban J connectivity index is 0.751. The topological polar surface area (TPSA) is 166 Å². The number of rotatable bonds is 16.